The number of fused-ring (bicyclic) bond motifs is 1. The van der Waals surface area contributed by atoms with E-state index in [4.69, 9.17) is 5.73 Å². The number of amides is 3. The molecular weight excluding hydrogens is 272 g/mol. The van der Waals surface area contributed by atoms with Crippen LogP contribution in [0.25, 0.3) is 0 Å². The Bertz CT molecular complexity index is 658. The highest BCUT2D eigenvalue weighted by Gasteiger charge is 2.35. The van der Waals surface area contributed by atoms with Crippen molar-refractivity contribution in [3.8, 4) is 0 Å². The van der Waals surface area contributed by atoms with Crippen LogP contribution < -0.4 is 20.9 Å². The fourth-order valence-electron chi connectivity index (χ4n) is 2.75. The van der Waals surface area contributed by atoms with Crippen LogP contribution in [0.5, 0.6) is 0 Å². The molecule has 7 nitrogen and oxygen atoms in total. The van der Waals surface area contributed by atoms with Gasteiger partial charge in [-0.2, -0.15) is 0 Å². The number of hydrogen-bond donors (Lipinski definition) is 2. The normalized spacial score (nSPS) is 25.2. The lowest BCUT2D eigenvalue weighted by Gasteiger charge is -2.33. The van der Waals surface area contributed by atoms with Gasteiger partial charge in [-0.05, 0) is 19.1 Å². The molecule has 2 aliphatic rings. The Kier molecular flexibility index (Phi) is 2.94. The highest BCUT2D eigenvalue weighted by molar-refractivity contribution is 6.06. The number of hydrogen-bond acceptors (Lipinski definition) is 5. The number of nitrogens with one attached hydrogen (secondary N) is 1. The van der Waals surface area contributed by atoms with Gasteiger partial charge in [-0.15, -0.1) is 0 Å². The lowest BCUT2D eigenvalue weighted by atomic mass is 10.1. The van der Waals surface area contributed by atoms with Gasteiger partial charge < -0.3 is 15.5 Å². The van der Waals surface area contributed by atoms with E-state index in [-0.39, 0.29) is 24.3 Å². The van der Waals surface area contributed by atoms with E-state index in [0.29, 0.717) is 0 Å². The number of nitrogens with zero attached hydrogens (tertiary/aromatic N) is 2. The summed E-state index contributed by atoms with van der Waals surface area (Å²) in [5.41, 5.74) is 8.05. The molecule has 1 aromatic carbocycles. The summed E-state index contributed by atoms with van der Waals surface area (Å²) >= 11 is 0. The van der Waals surface area contributed by atoms with Crippen molar-refractivity contribution >= 4 is 29.1 Å². The highest BCUT2D eigenvalue weighted by atomic mass is 16.2. The van der Waals surface area contributed by atoms with Crippen LogP contribution in [-0.4, -0.2) is 37.4 Å². The zero-order valence-electron chi connectivity index (χ0n) is 11.8. The maximum Gasteiger partial charge on any atom is 0.249 e. The number of carbonyl (C=O) groups excluding carboxylic acids is 3. The average Bonchev–Trinajstić information content (AvgIpc) is 2.67. The lowest BCUT2D eigenvalue weighted by Crippen LogP contribution is -2.57. The summed E-state index contributed by atoms with van der Waals surface area (Å²) in [4.78, 5) is 38.4. The summed E-state index contributed by atoms with van der Waals surface area (Å²) in [6.45, 7) is 1.84. The first-order chi connectivity index (χ1) is 9.90. The summed E-state index contributed by atoms with van der Waals surface area (Å²) < 4.78 is 0. The van der Waals surface area contributed by atoms with Crippen LogP contribution >= 0.6 is 0 Å². The number of imide groups is 1. The third kappa shape index (κ3) is 1.97. The number of benzene rings is 1. The van der Waals surface area contributed by atoms with Crippen LogP contribution in [0.2, 0.25) is 0 Å². The standard InChI is InChI=1S/C14H16N4O3/c1-7-13(20)16-11(19)6-18(7)8-3-4-9-10(5-8)17(2)14(21)12(9)15/h3-5,7,12H,6,15H2,1-2H3,(H,16,19,20). The minimum atomic E-state index is -0.650. The average molecular weight is 288 g/mol. The van der Waals surface area contributed by atoms with Gasteiger partial charge in [-0.1, -0.05) is 6.07 Å². The molecule has 3 rings (SSSR count). The first-order valence-corrected chi connectivity index (χ1v) is 6.67. The van der Waals surface area contributed by atoms with Crippen molar-refractivity contribution in [1.82, 2.24) is 5.32 Å². The molecule has 1 saturated heterocycles. The Morgan fingerprint density at radius 3 is 2.71 bits per heavy atom. The molecule has 2 unspecified atom stereocenters. The fourth-order valence-corrected chi connectivity index (χ4v) is 2.75. The van der Waals surface area contributed by atoms with Gasteiger partial charge >= 0.3 is 0 Å². The van der Waals surface area contributed by atoms with E-state index in [1.807, 2.05) is 0 Å². The predicted octanol–water partition coefficient (Wildman–Crippen LogP) is -0.486. The van der Waals surface area contributed by atoms with E-state index in [1.165, 1.54) is 4.90 Å². The maximum atomic E-state index is 11.9. The summed E-state index contributed by atoms with van der Waals surface area (Å²) in [6.07, 6.45) is 0. The molecule has 0 bridgehead atoms. The van der Waals surface area contributed by atoms with Gasteiger partial charge in [-0.25, -0.2) is 0 Å². The zero-order valence-corrected chi connectivity index (χ0v) is 11.8. The van der Waals surface area contributed by atoms with E-state index in [2.05, 4.69) is 5.32 Å². The number of rotatable bonds is 1. The second-order valence-electron chi connectivity index (χ2n) is 5.33. The second-order valence-corrected chi connectivity index (χ2v) is 5.33. The molecule has 3 N–H and O–H groups in total. The molecule has 3 amide bonds. The molecule has 7 heteroatoms. The van der Waals surface area contributed by atoms with E-state index < -0.39 is 12.1 Å². The van der Waals surface area contributed by atoms with Crippen LogP contribution in [0.3, 0.4) is 0 Å². The van der Waals surface area contributed by atoms with Crippen LogP contribution in [0.15, 0.2) is 18.2 Å². The van der Waals surface area contributed by atoms with Crippen LogP contribution in [0.1, 0.15) is 18.5 Å². The molecule has 2 heterocycles. The summed E-state index contributed by atoms with van der Waals surface area (Å²) in [6, 6.07) is 4.26. The van der Waals surface area contributed by atoms with E-state index >= 15 is 0 Å². The maximum absolute atomic E-state index is 11.9. The summed E-state index contributed by atoms with van der Waals surface area (Å²) in [5.74, 6) is -0.824. The molecule has 0 aliphatic carbocycles. The zero-order chi connectivity index (χ0) is 15.3. The van der Waals surface area contributed by atoms with Crippen molar-refractivity contribution in [1.29, 1.82) is 0 Å². The van der Waals surface area contributed by atoms with Gasteiger partial charge in [0.05, 0.1) is 12.2 Å². The molecule has 21 heavy (non-hydrogen) atoms. The second kappa shape index (κ2) is 4.56. The number of likely N-dealkylation sites (N-methyl/N-ethyl adjacent to an activating group) is 1. The van der Waals surface area contributed by atoms with Crippen molar-refractivity contribution in [2.75, 3.05) is 23.4 Å². The van der Waals surface area contributed by atoms with Gasteiger partial charge in [0.2, 0.25) is 17.7 Å². The molecule has 0 aromatic heterocycles. The van der Waals surface area contributed by atoms with Crippen LogP contribution in [0, 0.1) is 0 Å². The van der Waals surface area contributed by atoms with Crippen molar-refractivity contribution < 1.29 is 14.4 Å². The first kappa shape index (κ1) is 13.6. The molecular formula is C14H16N4O3. The fraction of sp³-hybridized carbons (Fsp3) is 0.357. The third-order valence-corrected chi connectivity index (χ3v) is 4.06. The van der Waals surface area contributed by atoms with Gasteiger partial charge in [-0.3, -0.25) is 19.7 Å². The lowest BCUT2D eigenvalue weighted by molar-refractivity contribution is -0.132. The predicted molar refractivity (Wildman–Crippen MR) is 76.7 cm³/mol. The molecule has 110 valence electrons. The van der Waals surface area contributed by atoms with Crippen molar-refractivity contribution in [3.05, 3.63) is 23.8 Å². The Morgan fingerprint density at radius 2 is 2.00 bits per heavy atom. The largest absolute Gasteiger partial charge is 0.350 e. The molecule has 0 saturated carbocycles. The summed E-state index contributed by atoms with van der Waals surface area (Å²) in [7, 11) is 1.66. The quantitative estimate of drug-likeness (QED) is 0.680. The van der Waals surface area contributed by atoms with Gasteiger partial charge in [0.15, 0.2) is 0 Å². The third-order valence-electron chi connectivity index (χ3n) is 4.06. The monoisotopic (exact) mass is 288 g/mol. The van der Waals surface area contributed by atoms with Gasteiger partial charge in [0, 0.05) is 18.3 Å². The number of anilines is 2. The van der Waals surface area contributed by atoms with Gasteiger partial charge in [0.25, 0.3) is 0 Å². The number of piperazine rings is 1. The first-order valence-electron chi connectivity index (χ1n) is 6.67. The topological polar surface area (TPSA) is 95.7 Å². The van der Waals surface area contributed by atoms with Crippen molar-refractivity contribution in [2.45, 2.75) is 19.0 Å². The molecule has 2 atom stereocenters. The SMILES string of the molecule is CC1C(=O)NC(=O)CN1c1ccc2c(c1)N(C)C(=O)C2N. The van der Waals surface area contributed by atoms with Crippen LogP contribution in [0.4, 0.5) is 11.4 Å². The number of carbonyl (C=O) groups is 3. The molecule has 1 fully saturated rings. The number of nitrogens with two attached hydrogens (primary N) is 1. The molecule has 0 spiro atoms. The minimum Gasteiger partial charge on any atom is -0.350 e. The van der Waals surface area contributed by atoms with Gasteiger partial charge in [0.1, 0.15) is 12.1 Å². The Hall–Kier alpha value is -2.41. The van der Waals surface area contributed by atoms with E-state index in [0.717, 1.165) is 16.9 Å². The smallest absolute Gasteiger partial charge is 0.249 e. The Labute approximate surface area is 121 Å². The molecule has 1 aromatic rings. The Balaban J connectivity index is 2.00. The molecule has 2 aliphatic heterocycles. The molecule has 0 radical (unpaired) electrons. The minimum absolute atomic E-state index is 0.107. The van der Waals surface area contributed by atoms with Crippen molar-refractivity contribution in [3.63, 3.8) is 0 Å². The van der Waals surface area contributed by atoms with E-state index in [9.17, 15) is 14.4 Å². The Morgan fingerprint density at radius 1 is 1.29 bits per heavy atom. The van der Waals surface area contributed by atoms with Crippen molar-refractivity contribution in [2.24, 2.45) is 5.73 Å². The summed E-state index contributed by atoms with van der Waals surface area (Å²) in [5, 5.41) is 2.30. The van der Waals surface area contributed by atoms with Crippen LogP contribution in [-0.2, 0) is 14.4 Å². The highest BCUT2D eigenvalue weighted by Crippen LogP contribution is 2.36. The van der Waals surface area contributed by atoms with E-state index in [1.54, 1.807) is 37.1 Å².